The van der Waals surface area contributed by atoms with E-state index in [0.29, 0.717) is 6.42 Å². The van der Waals surface area contributed by atoms with Gasteiger partial charge in [-0.15, -0.1) is 4.99 Å². The minimum Gasteiger partial charge on any atom is -0.383 e. The summed E-state index contributed by atoms with van der Waals surface area (Å²) in [6.07, 6.45) is 6.07. The number of ketones is 1. The third-order valence-corrected chi connectivity index (χ3v) is 4.23. The van der Waals surface area contributed by atoms with Gasteiger partial charge in [-0.2, -0.15) is 4.48 Å². The molecule has 2 N–H and O–H groups in total. The maximum atomic E-state index is 12.1. The Balaban J connectivity index is 1.92. The topological polar surface area (TPSA) is 81.8 Å². The number of rotatable bonds is 5. The summed E-state index contributed by atoms with van der Waals surface area (Å²) in [5, 5.41) is 0. The van der Waals surface area contributed by atoms with Gasteiger partial charge in [0, 0.05) is 24.8 Å². The SMILES string of the molecule is CC(C)C(=O)CCC1CCC([N+]2(C)C=CC(N)=NC2=O)O1. The Bertz CT molecular complexity index is 498. The van der Waals surface area contributed by atoms with Gasteiger partial charge in [0.25, 0.3) is 0 Å². The number of carbonyl (C=O) groups is 2. The average Bonchev–Trinajstić information content (AvgIpc) is 2.90. The van der Waals surface area contributed by atoms with E-state index < -0.39 is 0 Å². The molecule has 6 heteroatoms. The van der Waals surface area contributed by atoms with E-state index in [1.807, 2.05) is 13.8 Å². The van der Waals surface area contributed by atoms with Crippen molar-refractivity contribution in [3.63, 3.8) is 0 Å². The molecule has 2 amide bonds. The third kappa shape index (κ3) is 3.39. The number of nitrogens with zero attached hydrogens (tertiary/aromatic N) is 2. The number of amides is 2. The minimum atomic E-state index is -0.307. The molecule has 1 saturated heterocycles. The van der Waals surface area contributed by atoms with Crippen molar-refractivity contribution in [1.82, 2.24) is 0 Å². The maximum Gasteiger partial charge on any atom is 0.451 e. The molecule has 116 valence electrons. The Morgan fingerprint density at radius 1 is 1.52 bits per heavy atom. The first kappa shape index (κ1) is 15.9. The van der Waals surface area contributed by atoms with Crippen molar-refractivity contribution in [2.24, 2.45) is 16.6 Å². The van der Waals surface area contributed by atoms with E-state index in [9.17, 15) is 9.59 Å². The van der Waals surface area contributed by atoms with E-state index in [-0.39, 0.29) is 40.4 Å². The van der Waals surface area contributed by atoms with E-state index in [0.717, 1.165) is 19.3 Å². The van der Waals surface area contributed by atoms with E-state index >= 15 is 0 Å². The van der Waals surface area contributed by atoms with Crippen LogP contribution in [0.2, 0.25) is 0 Å². The van der Waals surface area contributed by atoms with Gasteiger partial charge in [0.2, 0.25) is 6.23 Å². The van der Waals surface area contributed by atoms with Crippen LogP contribution in [-0.2, 0) is 9.53 Å². The van der Waals surface area contributed by atoms with Crippen molar-refractivity contribution >= 4 is 17.6 Å². The Morgan fingerprint density at radius 3 is 2.86 bits per heavy atom. The second-order valence-corrected chi connectivity index (χ2v) is 6.23. The first-order chi connectivity index (χ1) is 9.83. The first-order valence-electron chi connectivity index (χ1n) is 7.45. The van der Waals surface area contributed by atoms with Crippen LogP contribution in [0.25, 0.3) is 0 Å². The summed E-state index contributed by atoms with van der Waals surface area (Å²) in [5.41, 5.74) is 5.54. The van der Waals surface area contributed by atoms with E-state index in [1.165, 1.54) is 0 Å². The zero-order valence-electron chi connectivity index (χ0n) is 12.9. The molecule has 2 heterocycles. The van der Waals surface area contributed by atoms with Crippen LogP contribution in [0.3, 0.4) is 0 Å². The van der Waals surface area contributed by atoms with Gasteiger partial charge >= 0.3 is 6.03 Å². The fourth-order valence-corrected chi connectivity index (χ4v) is 2.66. The average molecular weight is 294 g/mol. The van der Waals surface area contributed by atoms with Crippen LogP contribution in [0.4, 0.5) is 4.79 Å². The Hall–Kier alpha value is -1.53. The molecule has 0 aromatic heterocycles. The Kier molecular flexibility index (Phi) is 4.58. The number of quaternary nitrogens is 1. The molecule has 1 fully saturated rings. The quantitative estimate of drug-likeness (QED) is 0.786. The van der Waals surface area contributed by atoms with Crippen LogP contribution in [0, 0.1) is 5.92 Å². The number of ether oxygens (including phenoxy) is 1. The van der Waals surface area contributed by atoms with E-state index in [2.05, 4.69) is 4.99 Å². The summed E-state index contributed by atoms with van der Waals surface area (Å²) in [5.74, 6) is 0.553. The second-order valence-electron chi connectivity index (χ2n) is 6.23. The second kappa shape index (κ2) is 6.07. The largest absolute Gasteiger partial charge is 0.451 e. The van der Waals surface area contributed by atoms with Crippen LogP contribution < -0.4 is 5.73 Å². The summed E-state index contributed by atoms with van der Waals surface area (Å²) in [4.78, 5) is 27.6. The predicted molar refractivity (Wildman–Crippen MR) is 79.3 cm³/mol. The van der Waals surface area contributed by atoms with Gasteiger partial charge < -0.3 is 10.5 Å². The van der Waals surface area contributed by atoms with Crippen LogP contribution in [0.5, 0.6) is 0 Å². The predicted octanol–water partition coefficient (Wildman–Crippen LogP) is 1.95. The van der Waals surface area contributed by atoms with Gasteiger partial charge in [-0.1, -0.05) is 13.8 Å². The molecule has 0 aliphatic carbocycles. The molecule has 0 spiro atoms. The maximum absolute atomic E-state index is 12.1. The fraction of sp³-hybridized carbons (Fsp3) is 0.667. The molecule has 0 bridgehead atoms. The summed E-state index contributed by atoms with van der Waals surface area (Å²) >= 11 is 0. The van der Waals surface area contributed by atoms with Crippen molar-refractivity contribution < 1.29 is 18.8 Å². The third-order valence-electron chi connectivity index (χ3n) is 4.23. The lowest BCUT2D eigenvalue weighted by Gasteiger charge is -2.32. The Labute approximate surface area is 125 Å². The zero-order chi connectivity index (χ0) is 15.6. The standard InChI is InChI=1S/C15H23N3O3/c1-10(2)12(19)6-4-11-5-7-14(21-11)18(3)9-8-13(16)17-15(18)20/h8-11,14H,4-7H2,1-3H3,(H-,16,17,20)/p+1. The molecule has 2 rings (SSSR count). The number of carbonyl (C=O) groups excluding carboxylic acids is 2. The highest BCUT2D eigenvalue weighted by Crippen LogP contribution is 2.31. The number of amidine groups is 1. The van der Waals surface area contributed by atoms with Crippen LogP contribution >= 0.6 is 0 Å². The van der Waals surface area contributed by atoms with E-state index in [4.69, 9.17) is 10.5 Å². The molecular weight excluding hydrogens is 270 g/mol. The molecular formula is C15H24N3O3+. The highest BCUT2D eigenvalue weighted by atomic mass is 16.5. The smallest absolute Gasteiger partial charge is 0.383 e. The number of hydrogen-bond acceptors (Lipinski definition) is 4. The highest BCUT2D eigenvalue weighted by Gasteiger charge is 2.45. The zero-order valence-corrected chi connectivity index (χ0v) is 12.9. The Morgan fingerprint density at radius 2 is 2.24 bits per heavy atom. The van der Waals surface area contributed by atoms with Gasteiger partial charge in [-0.3, -0.25) is 4.79 Å². The van der Waals surface area contributed by atoms with E-state index in [1.54, 1.807) is 19.3 Å². The minimum absolute atomic E-state index is 0.00464. The van der Waals surface area contributed by atoms with Crippen molar-refractivity contribution in [3.8, 4) is 0 Å². The molecule has 0 aromatic carbocycles. The number of Topliss-reactive ketones (excluding diaryl/α,β-unsaturated/α-hetero) is 1. The van der Waals surface area contributed by atoms with Crippen LogP contribution in [0.1, 0.15) is 39.5 Å². The summed E-state index contributed by atoms with van der Waals surface area (Å²) in [6, 6.07) is -0.307. The van der Waals surface area contributed by atoms with Crippen molar-refractivity contribution in [2.75, 3.05) is 7.05 Å². The van der Waals surface area contributed by atoms with Crippen LogP contribution in [0.15, 0.2) is 17.3 Å². The summed E-state index contributed by atoms with van der Waals surface area (Å²) in [7, 11) is 1.78. The lowest BCUT2D eigenvalue weighted by atomic mass is 10.0. The monoisotopic (exact) mass is 294 g/mol. The number of urea groups is 1. The number of hydrogen-bond donors (Lipinski definition) is 1. The summed E-state index contributed by atoms with van der Waals surface area (Å²) < 4.78 is 5.97. The molecule has 21 heavy (non-hydrogen) atoms. The molecule has 6 nitrogen and oxygen atoms in total. The van der Waals surface area contributed by atoms with Crippen LogP contribution in [-0.4, -0.2) is 41.5 Å². The van der Waals surface area contributed by atoms with Crippen molar-refractivity contribution in [3.05, 3.63) is 12.3 Å². The number of nitrogens with two attached hydrogens (primary N) is 1. The number of aliphatic imine (C=N–C) groups is 1. The van der Waals surface area contributed by atoms with Gasteiger partial charge in [0.15, 0.2) is 0 Å². The lowest BCUT2D eigenvalue weighted by molar-refractivity contribution is -0.830. The van der Waals surface area contributed by atoms with Gasteiger partial charge in [-0.25, -0.2) is 4.79 Å². The van der Waals surface area contributed by atoms with Crippen molar-refractivity contribution in [2.45, 2.75) is 51.9 Å². The molecule has 2 aliphatic heterocycles. The van der Waals surface area contributed by atoms with Crippen molar-refractivity contribution in [1.29, 1.82) is 0 Å². The van der Waals surface area contributed by atoms with Gasteiger partial charge in [-0.05, 0) is 12.8 Å². The van der Waals surface area contributed by atoms with Gasteiger partial charge in [0.1, 0.15) is 17.8 Å². The fourth-order valence-electron chi connectivity index (χ4n) is 2.66. The summed E-state index contributed by atoms with van der Waals surface area (Å²) in [6.45, 7) is 3.82. The highest BCUT2D eigenvalue weighted by molar-refractivity contribution is 5.99. The molecule has 2 aliphatic rings. The lowest BCUT2D eigenvalue weighted by Crippen LogP contribution is -2.53. The molecule has 0 aromatic rings. The molecule has 0 saturated carbocycles. The molecule has 3 unspecified atom stereocenters. The normalized spacial score (nSPS) is 32.6. The molecule has 0 radical (unpaired) electrons. The first-order valence-corrected chi connectivity index (χ1v) is 7.45. The van der Waals surface area contributed by atoms with Gasteiger partial charge in [0.05, 0.1) is 13.2 Å². The molecule has 3 atom stereocenters.